The molecule has 16 heavy (non-hydrogen) atoms. The number of benzene rings is 1. The van der Waals surface area contributed by atoms with Crippen molar-refractivity contribution >= 4 is 33.0 Å². The van der Waals surface area contributed by atoms with E-state index < -0.39 is 19.6 Å². The molecule has 0 spiro atoms. The first-order valence-electron chi connectivity index (χ1n) is 4.66. The number of aliphatic hydroxyl groups excluding tert-OH is 1. The number of hydrogen-bond acceptors (Lipinski definition) is 3. The summed E-state index contributed by atoms with van der Waals surface area (Å²) >= 11 is 11.5. The summed E-state index contributed by atoms with van der Waals surface area (Å²) in [5, 5.41) is 9.87. The smallest absolute Gasteiger partial charge is 0.247 e. The molecule has 1 aromatic carbocycles. The van der Waals surface area contributed by atoms with E-state index in [1.54, 1.807) is 30.3 Å². The predicted octanol–water partition coefficient (Wildman–Crippen LogP) is 2.29. The van der Waals surface area contributed by atoms with Gasteiger partial charge in [0.2, 0.25) is 3.67 Å². The largest absolute Gasteiger partial charge is 0.384 e. The van der Waals surface area contributed by atoms with E-state index in [9.17, 15) is 13.5 Å². The Morgan fingerprint density at radius 3 is 2.25 bits per heavy atom. The fraction of sp³-hybridized carbons (Fsp3) is 0.400. The Morgan fingerprint density at radius 2 is 1.81 bits per heavy atom. The average molecular weight is 283 g/mol. The van der Waals surface area contributed by atoms with Crippen LogP contribution in [-0.2, 0) is 9.84 Å². The maximum Gasteiger partial charge on any atom is 0.247 e. The second-order valence-corrected chi connectivity index (χ2v) is 7.56. The lowest BCUT2D eigenvalue weighted by Crippen LogP contribution is -2.34. The summed E-state index contributed by atoms with van der Waals surface area (Å²) in [6.07, 6.45) is -1.47. The van der Waals surface area contributed by atoms with Crippen LogP contribution >= 0.6 is 23.2 Å². The summed E-state index contributed by atoms with van der Waals surface area (Å²) in [7, 11) is -3.76. The van der Waals surface area contributed by atoms with Crippen molar-refractivity contribution in [1.82, 2.24) is 0 Å². The van der Waals surface area contributed by atoms with Gasteiger partial charge < -0.3 is 5.11 Å². The van der Waals surface area contributed by atoms with Crippen LogP contribution in [-0.4, -0.2) is 22.9 Å². The van der Waals surface area contributed by atoms with Crippen molar-refractivity contribution in [3.05, 3.63) is 35.9 Å². The topological polar surface area (TPSA) is 54.4 Å². The van der Waals surface area contributed by atoms with E-state index in [1.165, 1.54) is 6.92 Å². The first kappa shape index (κ1) is 13.8. The molecule has 1 aromatic rings. The summed E-state index contributed by atoms with van der Waals surface area (Å²) < 4.78 is 21.0. The second-order valence-electron chi connectivity index (χ2n) is 3.28. The first-order chi connectivity index (χ1) is 7.33. The van der Waals surface area contributed by atoms with E-state index in [2.05, 4.69) is 0 Å². The fourth-order valence-corrected chi connectivity index (χ4v) is 2.96. The van der Waals surface area contributed by atoms with E-state index >= 15 is 0 Å². The van der Waals surface area contributed by atoms with Crippen LogP contribution in [0.1, 0.15) is 18.6 Å². The Labute approximate surface area is 105 Å². The number of rotatable bonds is 4. The number of alkyl halides is 2. The highest BCUT2D eigenvalue weighted by molar-refractivity contribution is 7.95. The minimum Gasteiger partial charge on any atom is -0.384 e. The van der Waals surface area contributed by atoms with Crippen molar-refractivity contribution in [1.29, 1.82) is 0 Å². The van der Waals surface area contributed by atoms with Crippen LogP contribution in [0.5, 0.6) is 0 Å². The Bertz CT molecular complexity index is 442. The molecule has 0 aliphatic rings. The molecule has 1 rings (SSSR count). The third-order valence-corrected chi connectivity index (χ3v) is 5.86. The molecule has 90 valence electrons. The van der Waals surface area contributed by atoms with Crippen LogP contribution in [0, 0.1) is 0 Å². The highest BCUT2D eigenvalue weighted by Crippen LogP contribution is 2.41. The molecule has 0 saturated heterocycles. The van der Waals surface area contributed by atoms with Crippen LogP contribution in [0.15, 0.2) is 30.3 Å². The van der Waals surface area contributed by atoms with Crippen molar-refractivity contribution in [3.8, 4) is 0 Å². The van der Waals surface area contributed by atoms with Gasteiger partial charge in [-0.3, -0.25) is 0 Å². The van der Waals surface area contributed by atoms with Crippen LogP contribution in [0.2, 0.25) is 0 Å². The molecule has 3 nitrogen and oxygen atoms in total. The summed E-state index contributed by atoms with van der Waals surface area (Å²) in [5.41, 5.74) is 0.365. The van der Waals surface area contributed by atoms with Gasteiger partial charge in [0.25, 0.3) is 0 Å². The summed E-state index contributed by atoms with van der Waals surface area (Å²) in [5.74, 6) is -0.232. The molecule has 1 N–H and O–H groups in total. The van der Waals surface area contributed by atoms with E-state index in [0.29, 0.717) is 5.56 Å². The number of hydrogen-bond donors (Lipinski definition) is 1. The summed E-state index contributed by atoms with van der Waals surface area (Å²) in [6.45, 7) is 1.42. The Kier molecular flexibility index (Phi) is 4.23. The zero-order valence-electron chi connectivity index (χ0n) is 8.60. The van der Waals surface area contributed by atoms with Crippen LogP contribution in [0.3, 0.4) is 0 Å². The quantitative estimate of drug-likeness (QED) is 0.862. The van der Waals surface area contributed by atoms with Crippen molar-refractivity contribution in [2.75, 3.05) is 5.75 Å². The molecule has 0 aliphatic carbocycles. The van der Waals surface area contributed by atoms with Gasteiger partial charge in [0.1, 0.15) is 6.10 Å². The molecule has 0 aliphatic heterocycles. The molecule has 6 heteroatoms. The number of sulfone groups is 1. The van der Waals surface area contributed by atoms with E-state index in [4.69, 9.17) is 23.2 Å². The molecule has 0 aromatic heterocycles. The highest BCUT2D eigenvalue weighted by Gasteiger charge is 2.46. The lowest BCUT2D eigenvalue weighted by Gasteiger charge is -2.25. The van der Waals surface area contributed by atoms with Gasteiger partial charge in [0.15, 0.2) is 9.84 Å². The van der Waals surface area contributed by atoms with Gasteiger partial charge in [-0.2, -0.15) is 0 Å². The average Bonchev–Trinajstić information content (AvgIpc) is 2.29. The zero-order valence-corrected chi connectivity index (χ0v) is 10.9. The highest BCUT2D eigenvalue weighted by atomic mass is 35.5. The lowest BCUT2D eigenvalue weighted by molar-refractivity contribution is 0.181. The van der Waals surface area contributed by atoms with Gasteiger partial charge in [-0.25, -0.2) is 8.42 Å². The zero-order chi connectivity index (χ0) is 12.4. The Balaban J connectivity index is 3.11. The standard InChI is InChI=1S/C10H12Cl2O3S/c1-2-16(14,15)10(11,12)9(13)8-6-4-3-5-7-8/h3-7,9,13H,2H2,1H3. The molecule has 0 radical (unpaired) electrons. The third-order valence-electron chi connectivity index (χ3n) is 2.23. The fourth-order valence-electron chi connectivity index (χ4n) is 1.19. The van der Waals surface area contributed by atoms with Crippen molar-refractivity contribution in [2.24, 2.45) is 0 Å². The van der Waals surface area contributed by atoms with Crippen molar-refractivity contribution in [3.63, 3.8) is 0 Å². The first-order valence-corrected chi connectivity index (χ1v) is 7.07. The van der Waals surface area contributed by atoms with Crippen LogP contribution < -0.4 is 0 Å². The maximum absolute atomic E-state index is 11.6. The Morgan fingerprint density at radius 1 is 1.31 bits per heavy atom. The molecular formula is C10H12Cl2O3S. The SMILES string of the molecule is CCS(=O)(=O)C(Cl)(Cl)C(O)c1ccccc1. The minimum absolute atomic E-state index is 0.232. The van der Waals surface area contributed by atoms with Gasteiger partial charge >= 0.3 is 0 Å². The molecular weight excluding hydrogens is 271 g/mol. The monoisotopic (exact) mass is 282 g/mol. The van der Waals surface area contributed by atoms with E-state index in [-0.39, 0.29) is 5.75 Å². The molecule has 1 unspecified atom stereocenters. The normalized spacial score (nSPS) is 14.8. The van der Waals surface area contributed by atoms with Crippen molar-refractivity contribution < 1.29 is 13.5 Å². The van der Waals surface area contributed by atoms with E-state index in [1.807, 2.05) is 0 Å². The van der Waals surface area contributed by atoms with Crippen LogP contribution in [0.4, 0.5) is 0 Å². The van der Waals surface area contributed by atoms with Gasteiger partial charge in [-0.1, -0.05) is 60.5 Å². The Hall–Kier alpha value is -0.290. The molecule has 1 atom stereocenters. The molecule has 0 heterocycles. The van der Waals surface area contributed by atoms with E-state index in [0.717, 1.165) is 0 Å². The predicted molar refractivity (Wildman–Crippen MR) is 65.3 cm³/mol. The molecule has 0 saturated carbocycles. The van der Waals surface area contributed by atoms with Gasteiger partial charge in [-0.05, 0) is 5.56 Å². The maximum atomic E-state index is 11.6. The van der Waals surface area contributed by atoms with Crippen molar-refractivity contribution in [2.45, 2.75) is 16.7 Å². The minimum atomic E-state index is -3.76. The third kappa shape index (κ3) is 2.51. The summed E-state index contributed by atoms with van der Waals surface area (Å²) in [6, 6.07) is 8.21. The molecule has 0 amide bonds. The molecule has 0 bridgehead atoms. The molecule has 0 fully saturated rings. The lowest BCUT2D eigenvalue weighted by atomic mass is 10.1. The van der Waals surface area contributed by atoms with Gasteiger partial charge in [-0.15, -0.1) is 0 Å². The number of halogens is 2. The number of aliphatic hydroxyl groups is 1. The van der Waals surface area contributed by atoms with Gasteiger partial charge in [0, 0.05) is 0 Å². The van der Waals surface area contributed by atoms with Crippen LogP contribution in [0.25, 0.3) is 0 Å². The summed E-state index contributed by atoms with van der Waals surface area (Å²) in [4.78, 5) is 0. The second kappa shape index (κ2) is 4.92. The van der Waals surface area contributed by atoms with Gasteiger partial charge in [0.05, 0.1) is 5.75 Å².